The van der Waals surface area contributed by atoms with Gasteiger partial charge in [-0.2, -0.15) is 5.26 Å². The van der Waals surface area contributed by atoms with Gasteiger partial charge in [0, 0.05) is 38.5 Å². The standard InChI is InChI=1S/C55H37N3/c56-36-37-9-8-12-43(33-37)42-23-29-47(30-24-42)58-53-16-7-5-14-49(53)51-35-45(26-32-55(51)58)41-19-17-40(18-20-41)44-25-31-54-50(34-44)48-13-4-6-15-52(48)57(54)46-27-21-39(22-28-46)38-10-2-1-3-11-38/h1-7,9-11,13-35H,8,12H2. The number of nitrogens with zero attached hydrogens (tertiary/aromatic N) is 3. The Bertz CT molecular complexity index is 3300. The monoisotopic (exact) mass is 739 g/mol. The quantitative estimate of drug-likeness (QED) is 0.167. The zero-order valence-electron chi connectivity index (χ0n) is 31.8. The van der Waals surface area contributed by atoms with E-state index in [4.69, 9.17) is 0 Å². The molecule has 8 aromatic carbocycles. The molecule has 1 aliphatic carbocycles. The minimum Gasteiger partial charge on any atom is -0.309 e. The Morgan fingerprint density at radius 2 is 0.793 bits per heavy atom. The van der Waals surface area contributed by atoms with Gasteiger partial charge in [0.05, 0.1) is 28.1 Å². The normalized spacial score (nSPS) is 12.9. The molecule has 0 saturated carbocycles. The summed E-state index contributed by atoms with van der Waals surface area (Å²) < 4.78 is 4.75. The summed E-state index contributed by atoms with van der Waals surface area (Å²) in [5, 5.41) is 14.4. The lowest BCUT2D eigenvalue weighted by Gasteiger charge is -2.13. The fourth-order valence-electron chi connectivity index (χ4n) is 8.98. The Morgan fingerprint density at radius 3 is 1.33 bits per heavy atom. The van der Waals surface area contributed by atoms with Crippen LogP contribution in [0.4, 0.5) is 0 Å². The highest BCUT2D eigenvalue weighted by Gasteiger charge is 2.16. The third-order valence-electron chi connectivity index (χ3n) is 11.9. The molecule has 2 heterocycles. The molecule has 0 bridgehead atoms. The van der Waals surface area contributed by atoms with Crippen LogP contribution in [-0.4, -0.2) is 9.13 Å². The minimum atomic E-state index is 0.751. The summed E-state index contributed by atoms with van der Waals surface area (Å²) in [4.78, 5) is 0. The molecule has 0 aliphatic heterocycles. The molecule has 0 unspecified atom stereocenters. The van der Waals surface area contributed by atoms with Gasteiger partial charge in [0.2, 0.25) is 0 Å². The summed E-state index contributed by atoms with van der Waals surface area (Å²) in [6.45, 7) is 0. The smallest absolute Gasteiger partial charge is 0.0988 e. The molecule has 0 atom stereocenters. The largest absolute Gasteiger partial charge is 0.309 e. The highest BCUT2D eigenvalue weighted by molar-refractivity contribution is 6.11. The molecule has 3 heteroatoms. The summed E-state index contributed by atoms with van der Waals surface area (Å²) in [6.07, 6.45) is 5.91. The SMILES string of the molecule is N#CC1=CCCC(c2ccc(-n3c4ccccc4c4cc(-c5ccc(-c6ccc7c(c6)c6ccccc6n7-c6ccc(-c7ccccc7)cc6)cc5)ccc43)cc2)=C1. The summed E-state index contributed by atoms with van der Waals surface area (Å²) in [5.41, 5.74) is 17.4. The van der Waals surface area contributed by atoms with E-state index in [0.717, 1.165) is 29.8 Å². The van der Waals surface area contributed by atoms with Crippen LogP contribution in [0.15, 0.2) is 206 Å². The number of fused-ring (bicyclic) bond motifs is 6. The van der Waals surface area contributed by atoms with Crippen molar-refractivity contribution >= 4 is 49.2 Å². The topological polar surface area (TPSA) is 33.6 Å². The Labute approximate surface area is 337 Å². The Hall–Kier alpha value is -7.67. The van der Waals surface area contributed by atoms with Crippen LogP contribution in [0.1, 0.15) is 18.4 Å². The molecule has 272 valence electrons. The highest BCUT2D eigenvalue weighted by Crippen LogP contribution is 2.38. The van der Waals surface area contributed by atoms with E-state index < -0.39 is 0 Å². The van der Waals surface area contributed by atoms with E-state index in [1.165, 1.54) is 88.1 Å². The maximum atomic E-state index is 9.43. The first-order chi connectivity index (χ1) is 28.7. The van der Waals surface area contributed by atoms with Gasteiger partial charge in [0.15, 0.2) is 0 Å². The predicted octanol–water partition coefficient (Wildman–Crippen LogP) is 14.5. The van der Waals surface area contributed by atoms with Gasteiger partial charge >= 0.3 is 0 Å². The van der Waals surface area contributed by atoms with E-state index in [0.29, 0.717) is 0 Å². The molecule has 2 aromatic heterocycles. The van der Waals surface area contributed by atoms with Crippen LogP contribution < -0.4 is 0 Å². The van der Waals surface area contributed by atoms with Gasteiger partial charge in [-0.15, -0.1) is 0 Å². The Balaban J connectivity index is 0.921. The molecule has 0 spiro atoms. The van der Waals surface area contributed by atoms with E-state index in [9.17, 15) is 5.26 Å². The average Bonchev–Trinajstić information content (AvgIpc) is 3.82. The zero-order valence-corrected chi connectivity index (χ0v) is 31.8. The Kier molecular flexibility index (Phi) is 8.01. The molecule has 0 saturated heterocycles. The maximum absolute atomic E-state index is 9.43. The molecule has 3 nitrogen and oxygen atoms in total. The van der Waals surface area contributed by atoms with Crippen molar-refractivity contribution in [2.24, 2.45) is 0 Å². The van der Waals surface area contributed by atoms with E-state index in [-0.39, 0.29) is 0 Å². The van der Waals surface area contributed by atoms with Crippen LogP contribution in [0, 0.1) is 11.3 Å². The summed E-state index contributed by atoms with van der Waals surface area (Å²) >= 11 is 0. The van der Waals surface area contributed by atoms with Gasteiger partial charge in [-0.05, 0) is 124 Å². The zero-order chi connectivity index (χ0) is 38.6. The molecule has 10 aromatic rings. The first-order valence-electron chi connectivity index (χ1n) is 19.9. The number of para-hydroxylation sites is 2. The van der Waals surface area contributed by atoms with Crippen molar-refractivity contribution < 1.29 is 0 Å². The van der Waals surface area contributed by atoms with Crippen LogP contribution in [0.25, 0.3) is 93.9 Å². The van der Waals surface area contributed by atoms with Crippen molar-refractivity contribution in [1.82, 2.24) is 9.13 Å². The average molecular weight is 740 g/mol. The number of hydrogen-bond acceptors (Lipinski definition) is 1. The van der Waals surface area contributed by atoms with Gasteiger partial charge in [0.1, 0.15) is 0 Å². The van der Waals surface area contributed by atoms with Crippen molar-refractivity contribution in [2.45, 2.75) is 12.8 Å². The van der Waals surface area contributed by atoms with Crippen LogP contribution in [0.3, 0.4) is 0 Å². The van der Waals surface area contributed by atoms with Crippen LogP contribution >= 0.6 is 0 Å². The van der Waals surface area contributed by atoms with Crippen molar-refractivity contribution in [3.63, 3.8) is 0 Å². The van der Waals surface area contributed by atoms with Gasteiger partial charge in [0.25, 0.3) is 0 Å². The number of benzene rings is 8. The van der Waals surface area contributed by atoms with E-state index >= 15 is 0 Å². The second-order valence-corrected chi connectivity index (χ2v) is 15.2. The molecular weight excluding hydrogens is 703 g/mol. The summed E-state index contributed by atoms with van der Waals surface area (Å²) in [5.74, 6) is 0. The molecule has 58 heavy (non-hydrogen) atoms. The summed E-state index contributed by atoms with van der Waals surface area (Å²) in [7, 11) is 0. The van der Waals surface area contributed by atoms with Gasteiger partial charge in [-0.25, -0.2) is 0 Å². The fourth-order valence-corrected chi connectivity index (χ4v) is 8.98. The van der Waals surface area contributed by atoms with Gasteiger partial charge < -0.3 is 9.13 Å². The van der Waals surface area contributed by atoms with Crippen LogP contribution in [0.5, 0.6) is 0 Å². The second kappa shape index (κ2) is 13.8. The molecule has 11 rings (SSSR count). The fraction of sp³-hybridized carbons (Fsp3) is 0.0364. The molecule has 0 N–H and O–H groups in total. The van der Waals surface area contributed by atoms with Gasteiger partial charge in [-0.1, -0.05) is 133 Å². The van der Waals surface area contributed by atoms with Crippen molar-refractivity contribution in [3.05, 3.63) is 211 Å². The third-order valence-corrected chi connectivity index (χ3v) is 11.9. The van der Waals surface area contributed by atoms with Crippen molar-refractivity contribution in [2.75, 3.05) is 0 Å². The Morgan fingerprint density at radius 1 is 0.379 bits per heavy atom. The molecule has 0 radical (unpaired) electrons. The first kappa shape index (κ1) is 33.6. The molecular formula is C55H37N3. The minimum absolute atomic E-state index is 0.751. The lowest BCUT2D eigenvalue weighted by Crippen LogP contribution is -1.96. The van der Waals surface area contributed by atoms with Crippen molar-refractivity contribution in [1.29, 1.82) is 5.26 Å². The van der Waals surface area contributed by atoms with E-state index in [1.54, 1.807) is 0 Å². The highest BCUT2D eigenvalue weighted by atomic mass is 15.0. The number of rotatable bonds is 6. The number of nitriles is 1. The molecule has 1 aliphatic rings. The number of hydrogen-bond donors (Lipinski definition) is 0. The van der Waals surface area contributed by atoms with Crippen molar-refractivity contribution in [3.8, 4) is 50.8 Å². The third kappa shape index (κ3) is 5.66. The second-order valence-electron chi connectivity index (χ2n) is 15.2. The van der Waals surface area contributed by atoms with Crippen LogP contribution in [0.2, 0.25) is 0 Å². The first-order valence-corrected chi connectivity index (χ1v) is 19.9. The van der Waals surface area contributed by atoms with Gasteiger partial charge in [-0.3, -0.25) is 0 Å². The number of aromatic nitrogens is 2. The van der Waals surface area contributed by atoms with E-state index in [1.807, 2.05) is 12.2 Å². The lowest BCUT2D eigenvalue weighted by molar-refractivity contribution is 1.04. The summed E-state index contributed by atoms with van der Waals surface area (Å²) in [6, 6.07) is 70.7. The lowest BCUT2D eigenvalue weighted by atomic mass is 9.94. The number of allylic oxidation sites excluding steroid dienone is 4. The van der Waals surface area contributed by atoms with Crippen LogP contribution in [-0.2, 0) is 0 Å². The predicted molar refractivity (Wildman–Crippen MR) is 242 cm³/mol. The molecule has 0 amide bonds. The molecule has 0 fully saturated rings. The van der Waals surface area contributed by atoms with E-state index in [2.05, 4.69) is 203 Å². The maximum Gasteiger partial charge on any atom is 0.0988 e.